The lowest BCUT2D eigenvalue weighted by Gasteiger charge is -2.23. The molecule has 0 aliphatic carbocycles. The molecule has 2 N–H and O–H groups in total. The summed E-state index contributed by atoms with van der Waals surface area (Å²) >= 11 is 3.48. The van der Waals surface area contributed by atoms with Crippen LogP contribution < -0.4 is 5.32 Å². The van der Waals surface area contributed by atoms with Crippen LogP contribution in [0.4, 0.5) is 0 Å². The minimum atomic E-state index is 0.184. The van der Waals surface area contributed by atoms with Gasteiger partial charge < -0.3 is 10.4 Å². The first-order valence-electron chi connectivity index (χ1n) is 5.83. The van der Waals surface area contributed by atoms with Gasteiger partial charge in [-0.05, 0) is 30.5 Å². The minimum absolute atomic E-state index is 0.184. The largest absolute Gasteiger partial charge is 0.395 e. The smallest absolute Gasteiger partial charge is 0.0584 e. The van der Waals surface area contributed by atoms with Crippen molar-refractivity contribution in [3.05, 3.63) is 34.3 Å². The minimum Gasteiger partial charge on any atom is -0.395 e. The highest BCUT2D eigenvalue weighted by Gasteiger charge is 2.13. The van der Waals surface area contributed by atoms with Crippen LogP contribution in [0.2, 0.25) is 0 Å². The highest BCUT2D eigenvalue weighted by molar-refractivity contribution is 9.10. The van der Waals surface area contributed by atoms with Gasteiger partial charge in [-0.15, -0.1) is 0 Å². The Bertz CT molecular complexity index is 313. The van der Waals surface area contributed by atoms with E-state index in [1.807, 2.05) is 12.1 Å². The van der Waals surface area contributed by atoms with E-state index in [2.05, 4.69) is 47.2 Å². The van der Waals surface area contributed by atoms with Crippen molar-refractivity contribution in [2.24, 2.45) is 0 Å². The number of halogens is 1. The molecule has 2 atom stereocenters. The van der Waals surface area contributed by atoms with Crippen molar-refractivity contribution in [1.82, 2.24) is 5.32 Å². The summed E-state index contributed by atoms with van der Waals surface area (Å²) in [6.45, 7) is 4.44. The van der Waals surface area contributed by atoms with Gasteiger partial charge in [0.2, 0.25) is 0 Å². The van der Waals surface area contributed by atoms with Gasteiger partial charge >= 0.3 is 0 Å². The number of aliphatic hydroxyl groups excluding tert-OH is 1. The standard InChI is InChI=1S/C13H20BrNO/c1-3-12(9-16)15-13(4-2)10-6-5-7-11(14)8-10/h5-8,12-13,15-16H,3-4,9H2,1-2H3/t12-,13?/m1/s1. The highest BCUT2D eigenvalue weighted by Crippen LogP contribution is 2.21. The Morgan fingerprint density at radius 1 is 1.31 bits per heavy atom. The van der Waals surface area contributed by atoms with Gasteiger partial charge in [0.05, 0.1) is 6.61 Å². The molecule has 1 rings (SSSR count). The van der Waals surface area contributed by atoms with E-state index in [0.29, 0.717) is 6.04 Å². The van der Waals surface area contributed by atoms with E-state index < -0.39 is 0 Å². The maximum absolute atomic E-state index is 9.20. The summed E-state index contributed by atoms with van der Waals surface area (Å²) < 4.78 is 1.10. The summed E-state index contributed by atoms with van der Waals surface area (Å²) in [5.41, 5.74) is 1.27. The lowest BCUT2D eigenvalue weighted by atomic mass is 10.0. The van der Waals surface area contributed by atoms with Crippen molar-refractivity contribution >= 4 is 15.9 Å². The fourth-order valence-corrected chi connectivity index (χ4v) is 2.17. The topological polar surface area (TPSA) is 32.3 Å². The molecule has 0 amide bonds. The van der Waals surface area contributed by atoms with E-state index in [4.69, 9.17) is 0 Å². The lowest BCUT2D eigenvalue weighted by Crippen LogP contribution is -2.34. The number of hydrogen-bond acceptors (Lipinski definition) is 2. The summed E-state index contributed by atoms with van der Waals surface area (Å²) in [6, 6.07) is 8.82. The predicted molar refractivity (Wildman–Crippen MR) is 71.5 cm³/mol. The van der Waals surface area contributed by atoms with Crippen molar-refractivity contribution < 1.29 is 5.11 Å². The Hall–Kier alpha value is -0.380. The van der Waals surface area contributed by atoms with Gasteiger partial charge in [-0.2, -0.15) is 0 Å². The molecule has 2 nitrogen and oxygen atoms in total. The molecule has 0 saturated heterocycles. The SMILES string of the molecule is CCC(N[C@H](CC)CO)c1cccc(Br)c1. The van der Waals surface area contributed by atoms with Crippen molar-refractivity contribution in [2.45, 2.75) is 38.8 Å². The van der Waals surface area contributed by atoms with Crippen molar-refractivity contribution in [3.8, 4) is 0 Å². The van der Waals surface area contributed by atoms with Crippen molar-refractivity contribution in [2.75, 3.05) is 6.61 Å². The van der Waals surface area contributed by atoms with Crippen LogP contribution in [0.3, 0.4) is 0 Å². The first-order valence-corrected chi connectivity index (χ1v) is 6.62. The highest BCUT2D eigenvalue weighted by atomic mass is 79.9. The first kappa shape index (κ1) is 13.7. The molecule has 0 radical (unpaired) electrons. The zero-order valence-electron chi connectivity index (χ0n) is 9.91. The van der Waals surface area contributed by atoms with E-state index in [1.54, 1.807) is 0 Å². The number of hydrogen-bond donors (Lipinski definition) is 2. The number of aliphatic hydroxyl groups is 1. The summed E-state index contributed by atoms with van der Waals surface area (Å²) in [5.74, 6) is 0. The molecule has 0 bridgehead atoms. The second-order valence-corrected chi connectivity index (χ2v) is 4.89. The molecular formula is C13H20BrNO. The van der Waals surface area contributed by atoms with Crippen LogP contribution in [0.15, 0.2) is 28.7 Å². The quantitative estimate of drug-likeness (QED) is 0.841. The van der Waals surface area contributed by atoms with E-state index >= 15 is 0 Å². The van der Waals surface area contributed by atoms with Gasteiger partial charge in [-0.3, -0.25) is 0 Å². The first-order chi connectivity index (χ1) is 7.71. The van der Waals surface area contributed by atoms with Crippen molar-refractivity contribution in [3.63, 3.8) is 0 Å². The van der Waals surface area contributed by atoms with Gasteiger partial charge in [0.1, 0.15) is 0 Å². The summed E-state index contributed by atoms with van der Waals surface area (Å²) in [5, 5.41) is 12.7. The predicted octanol–water partition coefficient (Wildman–Crippen LogP) is 3.26. The Morgan fingerprint density at radius 2 is 2.06 bits per heavy atom. The van der Waals surface area contributed by atoms with Gasteiger partial charge in [0.15, 0.2) is 0 Å². The van der Waals surface area contributed by atoms with Gasteiger partial charge in [-0.25, -0.2) is 0 Å². The Kier molecular flexibility index (Phi) is 6.03. The molecule has 0 heterocycles. The molecule has 1 unspecified atom stereocenters. The van der Waals surface area contributed by atoms with Crippen molar-refractivity contribution in [1.29, 1.82) is 0 Å². The molecule has 16 heavy (non-hydrogen) atoms. The van der Waals surface area contributed by atoms with E-state index in [-0.39, 0.29) is 12.6 Å². The Labute approximate surface area is 106 Å². The molecule has 0 aromatic heterocycles. The van der Waals surface area contributed by atoms with Gasteiger partial charge in [-0.1, -0.05) is 41.9 Å². The van der Waals surface area contributed by atoms with Crippen LogP contribution in [0.25, 0.3) is 0 Å². The maximum atomic E-state index is 9.20. The van der Waals surface area contributed by atoms with E-state index in [9.17, 15) is 5.11 Å². The molecule has 0 aliphatic heterocycles. The molecular weight excluding hydrogens is 266 g/mol. The summed E-state index contributed by atoms with van der Waals surface area (Å²) in [7, 11) is 0. The third-order valence-corrected chi connectivity index (χ3v) is 3.30. The zero-order valence-corrected chi connectivity index (χ0v) is 11.5. The van der Waals surface area contributed by atoms with Crippen LogP contribution in [0, 0.1) is 0 Å². The summed E-state index contributed by atoms with van der Waals surface area (Å²) in [6.07, 6.45) is 1.97. The fraction of sp³-hybridized carbons (Fsp3) is 0.538. The summed E-state index contributed by atoms with van der Waals surface area (Å²) in [4.78, 5) is 0. The number of benzene rings is 1. The molecule has 90 valence electrons. The zero-order chi connectivity index (χ0) is 12.0. The number of rotatable bonds is 6. The molecule has 0 saturated carbocycles. The average molecular weight is 286 g/mol. The molecule has 1 aromatic carbocycles. The van der Waals surface area contributed by atoms with E-state index in [0.717, 1.165) is 17.3 Å². The second kappa shape index (κ2) is 7.05. The molecule has 0 spiro atoms. The van der Waals surface area contributed by atoms with Crippen LogP contribution in [-0.4, -0.2) is 17.8 Å². The Balaban J connectivity index is 2.74. The fourth-order valence-electron chi connectivity index (χ4n) is 1.76. The number of nitrogens with one attached hydrogen (secondary N) is 1. The molecule has 0 aliphatic rings. The van der Waals surface area contributed by atoms with E-state index in [1.165, 1.54) is 5.56 Å². The Morgan fingerprint density at radius 3 is 2.56 bits per heavy atom. The average Bonchev–Trinajstić information content (AvgIpc) is 2.31. The van der Waals surface area contributed by atoms with Crippen LogP contribution >= 0.6 is 15.9 Å². The molecule has 0 fully saturated rings. The molecule has 1 aromatic rings. The van der Waals surface area contributed by atoms with Gasteiger partial charge in [0, 0.05) is 16.6 Å². The van der Waals surface area contributed by atoms with Crippen LogP contribution in [0.1, 0.15) is 38.3 Å². The van der Waals surface area contributed by atoms with Crippen LogP contribution in [0.5, 0.6) is 0 Å². The third-order valence-electron chi connectivity index (χ3n) is 2.81. The lowest BCUT2D eigenvalue weighted by molar-refractivity contribution is 0.226. The second-order valence-electron chi connectivity index (χ2n) is 3.97. The monoisotopic (exact) mass is 285 g/mol. The van der Waals surface area contributed by atoms with Gasteiger partial charge in [0.25, 0.3) is 0 Å². The third kappa shape index (κ3) is 3.89. The molecule has 3 heteroatoms. The maximum Gasteiger partial charge on any atom is 0.0584 e. The normalized spacial score (nSPS) is 14.8. The van der Waals surface area contributed by atoms with Crippen LogP contribution in [-0.2, 0) is 0 Å².